The maximum atomic E-state index is 11.7. The Labute approximate surface area is 93.1 Å². The van der Waals surface area contributed by atoms with Crippen molar-refractivity contribution in [1.29, 1.82) is 0 Å². The lowest BCUT2D eigenvalue weighted by Gasteiger charge is -2.29. The van der Waals surface area contributed by atoms with Crippen LogP contribution in [0, 0.1) is 6.92 Å². The van der Waals surface area contributed by atoms with Crippen LogP contribution in [0.4, 0.5) is 0 Å². The summed E-state index contributed by atoms with van der Waals surface area (Å²) >= 11 is 1.60. The molecule has 5 heteroatoms. The number of carbonyl (C=O) groups is 1. The van der Waals surface area contributed by atoms with Crippen molar-refractivity contribution < 1.29 is 4.79 Å². The van der Waals surface area contributed by atoms with Gasteiger partial charge in [0.1, 0.15) is 5.01 Å². The summed E-state index contributed by atoms with van der Waals surface area (Å²) in [6.45, 7) is 3.39. The van der Waals surface area contributed by atoms with Gasteiger partial charge >= 0.3 is 0 Å². The van der Waals surface area contributed by atoms with E-state index in [2.05, 4.69) is 4.98 Å². The molecule has 82 valence electrons. The van der Waals surface area contributed by atoms with Gasteiger partial charge in [0, 0.05) is 17.6 Å². The average molecular weight is 225 g/mol. The maximum absolute atomic E-state index is 11.7. The second-order valence-corrected chi connectivity index (χ2v) is 4.83. The largest absolute Gasteiger partial charge is 0.335 e. The number of thiazole rings is 1. The zero-order valence-electron chi connectivity index (χ0n) is 8.77. The molecule has 2 N–H and O–H groups in total. The molecule has 4 nitrogen and oxygen atoms in total. The monoisotopic (exact) mass is 225 g/mol. The second-order valence-electron chi connectivity index (χ2n) is 3.89. The van der Waals surface area contributed by atoms with E-state index in [1.54, 1.807) is 11.3 Å². The molecule has 0 aromatic carbocycles. The van der Waals surface area contributed by atoms with Crippen LogP contribution in [0.2, 0.25) is 0 Å². The highest BCUT2D eigenvalue weighted by atomic mass is 32.1. The number of rotatable bonds is 2. The summed E-state index contributed by atoms with van der Waals surface area (Å²) in [7, 11) is 0. The Hall–Kier alpha value is -0.940. The summed E-state index contributed by atoms with van der Waals surface area (Å²) in [5.74, 6) is 0.0640. The maximum Gasteiger partial charge on any atom is 0.239 e. The van der Waals surface area contributed by atoms with E-state index in [-0.39, 0.29) is 11.9 Å². The molecule has 1 saturated heterocycles. The number of aryl methyl sites for hydroxylation is 1. The number of aromatic nitrogens is 1. The van der Waals surface area contributed by atoms with Crippen molar-refractivity contribution in [3.05, 3.63) is 16.1 Å². The lowest BCUT2D eigenvalue weighted by molar-refractivity contribution is -0.135. The number of nitrogens with two attached hydrogens (primary N) is 1. The van der Waals surface area contributed by atoms with Crippen LogP contribution >= 0.6 is 11.3 Å². The van der Waals surface area contributed by atoms with Crippen molar-refractivity contribution in [2.75, 3.05) is 6.54 Å². The van der Waals surface area contributed by atoms with Crippen molar-refractivity contribution in [3.63, 3.8) is 0 Å². The van der Waals surface area contributed by atoms with Crippen LogP contribution in [0.1, 0.15) is 23.5 Å². The molecule has 0 bridgehead atoms. The van der Waals surface area contributed by atoms with Crippen LogP contribution in [-0.4, -0.2) is 28.4 Å². The summed E-state index contributed by atoms with van der Waals surface area (Å²) in [5.41, 5.74) is 6.74. The first-order chi connectivity index (χ1) is 7.16. The molecule has 1 aliphatic rings. The fourth-order valence-electron chi connectivity index (χ4n) is 1.77. The van der Waals surface area contributed by atoms with Crippen molar-refractivity contribution in [2.24, 2.45) is 5.73 Å². The number of hydrogen-bond acceptors (Lipinski definition) is 4. The average Bonchev–Trinajstić information content (AvgIpc) is 2.59. The minimum atomic E-state index is -0.306. The number of carbonyl (C=O) groups excluding carboxylic acids is 1. The van der Waals surface area contributed by atoms with Gasteiger partial charge in [0.2, 0.25) is 5.91 Å². The molecule has 1 aromatic rings. The standard InChI is InChI=1S/C10H15N3OS/c1-7-6-15-9(12-7)5-13-4-2-3-8(11)10(13)14/h6,8H,2-5,11H2,1H3. The predicted molar refractivity (Wildman–Crippen MR) is 59.5 cm³/mol. The highest BCUT2D eigenvalue weighted by Gasteiger charge is 2.25. The molecule has 2 heterocycles. The molecule has 1 unspecified atom stereocenters. The summed E-state index contributed by atoms with van der Waals surface area (Å²) in [4.78, 5) is 17.9. The number of likely N-dealkylation sites (tertiary alicyclic amines) is 1. The minimum absolute atomic E-state index is 0.0640. The Morgan fingerprint density at radius 2 is 2.53 bits per heavy atom. The molecule has 1 aromatic heterocycles. The molecule has 0 radical (unpaired) electrons. The summed E-state index contributed by atoms with van der Waals surface area (Å²) in [6, 6.07) is -0.306. The molecule has 0 saturated carbocycles. The van der Waals surface area contributed by atoms with Crippen molar-refractivity contribution in [1.82, 2.24) is 9.88 Å². The van der Waals surface area contributed by atoms with Crippen molar-refractivity contribution >= 4 is 17.2 Å². The zero-order chi connectivity index (χ0) is 10.8. The van der Waals surface area contributed by atoms with E-state index in [1.165, 1.54) is 0 Å². The van der Waals surface area contributed by atoms with Crippen LogP contribution in [0.5, 0.6) is 0 Å². The van der Waals surface area contributed by atoms with E-state index in [9.17, 15) is 4.79 Å². The summed E-state index contributed by atoms with van der Waals surface area (Å²) in [6.07, 6.45) is 1.81. The van der Waals surface area contributed by atoms with Gasteiger partial charge < -0.3 is 10.6 Å². The van der Waals surface area contributed by atoms with Crippen LogP contribution in [0.3, 0.4) is 0 Å². The van der Waals surface area contributed by atoms with Gasteiger partial charge in [-0.25, -0.2) is 4.98 Å². The Morgan fingerprint density at radius 1 is 1.73 bits per heavy atom. The quantitative estimate of drug-likeness (QED) is 0.813. The third-order valence-corrected chi connectivity index (χ3v) is 3.52. The third kappa shape index (κ3) is 2.35. The van der Waals surface area contributed by atoms with Crippen LogP contribution in [0.15, 0.2) is 5.38 Å². The first kappa shape index (κ1) is 10.6. The van der Waals surface area contributed by atoms with E-state index >= 15 is 0 Å². The fraction of sp³-hybridized carbons (Fsp3) is 0.600. The molecule has 15 heavy (non-hydrogen) atoms. The van der Waals surface area contributed by atoms with E-state index in [4.69, 9.17) is 5.73 Å². The van der Waals surface area contributed by atoms with E-state index in [0.29, 0.717) is 6.54 Å². The molecular formula is C10H15N3OS. The second kappa shape index (κ2) is 4.28. The van der Waals surface area contributed by atoms with Crippen molar-refractivity contribution in [2.45, 2.75) is 32.4 Å². The Bertz CT molecular complexity index is 363. The first-order valence-corrected chi connectivity index (χ1v) is 6.00. The predicted octanol–water partition coefficient (Wildman–Crippen LogP) is 0.901. The number of amides is 1. The molecule has 1 atom stereocenters. The molecule has 1 aliphatic heterocycles. The number of piperidine rings is 1. The highest BCUT2D eigenvalue weighted by Crippen LogP contribution is 2.16. The SMILES string of the molecule is Cc1csc(CN2CCCC(N)C2=O)n1. The van der Waals surface area contributed by atoms with Gasteiger partial charge in [0.25, 0.3) is 0 Å². The molecule has 0 spiro atoms. The Morgan fingerprint density at radius 3 is 3.20 bits per heavy atom. The van der Waals surface area contributed by atoms with Gasteiger partial charge in [0.15, 0.2) is 0 Å². The van der Waals surface area contributed by atoms with Crippen molar-refractivity contribution in [3.8, 4) is 0 Å². The first-order valence-electron chi connectivity index (χ1n) is 5.12. The van der Waals surface area contributed by atoms with Gasteiger partial charge in [-0.3, -0.25) is 4.79 Å². The zero-order valence-corrected chi connectivity index (χ0v) is 9.59. The Balaban J connectivity index is 2.02. The van der Waals surface area contributed by atoms with Gasteiger partial charge in [0.05, 0.1) is 12.6 Å². The van der Waals surface area contributed by atoms with Crippen LogP contribution < -0.4 is 5.73 Å². The molecular weight excluding hydrogens is 210 g/mol. The van der Waals surface area contributed by atoms with E-state index in [1.807, 2.05) is 17.2 Å². The van der Waals surface area contributed by atoms with E-state index < -0.39 is 0 Å². The summed E-state index contributed by atoms with van der Waals surface area (Å²) in [5, 5.41) is 3.00. The lowest BCUT2D eigenvalue weighted by atomic mass is 10.1. The number of nitrogens with zero attached hydrogens (tertiary/aromatic N) is 2. The molecule has 1 fully saturated rings. The van der Waals surface area contributed by atoms with E-state index in [0.717, 1.165) is 30.1 Å². The smallest absolute Gasteiger partial charge is 0.239 e. The van der Waals surface area contributed by atoms with Crippen LogP contribution in [-0.2, 0) is 11.3 Å². The third-order valence-electron chi connectivity index (χ3n) is 2.56. The van der Waals surface area contributed by atoms with Crippen LogP contribution in [0.25, 0.3) is 0 Å². The number of hydrogen-bond donors (Lipinski definition) is 1. The topological polar surface area (TPSA) is 59.2 Å². The Kier molecular flexibility index (Phi) is 3.02. The van der Waals surface area contributed by atoms with Gasteiger partial charge in [-0.05, 0) is 19.8 Å². The summed E-state index contributed by atoms with van der Waals surface area (Å²) < 4.78 is 0. The van der Waals surface area contributed by atoms with Gasteiger partial charge in [-0.15, -0.1) is 11.3 Å². The molecule has 1 amide bonds. The van der Waals surface area contributed by atoms with Gasteiger partial charge in [-0.1, -0.05) is 0 Å². The molecule has 0 aliphatic carbocycles. The minimum Gasteiger partial charge on any atom is -0.335 e. The van der Waals surface area contributed by atoms with Gasteiger partial charge in [-0.2, -0.15) is 0 Å². The lowest BCUT2D eigenvalue weighted by Crippen LogP contribution is -2.47. The normalized spacial score (nSPS) is 22.1. The fourth-order valence-corrected chi connectivity index (χ4v) is 2.55. The highest BCUT2D eigenvalue weighted by molar-refractivity contribution is 7.09. The molecule has 2 rings (SSSR count).